The maximum absolute atomic E-state index is 6.04. The molecule has 0 aromatic heterocycles. The summed E-state index contributed by atoms with van der Waals surface area (Å²) in [5, 5.41) is 3.68. The molecule has 3 rings (SSSR count). The van der Waals surface area contributed by atoms with Crippen molar-refractivity contribution in [3.8, 4) is 11.5 Å². The number of hydrogen-bond donors (Lipinski definition) is 2. The van der Waals surface area contributed by atoms with Gasteiger partial charge in [-0.05, 0) is 43.9 Å². The third-order valence-electron chi connectivity index (χ3n) is 4.10. The van der Waals surface area contributed by atoms with Crippen molar-refractivity contribution in [3.63, 3.8) is 0 Å². The van der Waals surface area contributed by atoms with Crippen LogP contribution in [0.3, 0.4) is 0 Å². The molecule has 0 radical (unpaired) electrons. The molecule has 19 heavy (non-hydrogen) atoms. The lowest BCUT2D eigenvalue weighted by Crippen LogP contribution is -2.40. The molecule has 0 amide bonds. The fourth-order valence-corrected chi connectivity index (χ4v) is 3.01. The highest BCUT2D eigenvalue weighted by Crippen LogP contribution is 2.34. The summed E-state index contributed by atoms with van der Waals surface area (Å²) in [5.41, 5.74) is 7.28. The second kappa shape index (κ2) is 5.39. The molecule has 1 fully saturated rings. The van der Waals surface area contributed by atoms with E-state index in [1.54, 1.807) is 0 Å². The van der Waals surface area contributed by atoms with E-state index in [4.69, 9.17) is 15.2 Å². The molecule has 3 N–H and O–H groups in total. The summed E-state index contributed by atoms with van der Waals surface area (Å²) in [6, 6.07) is 7.36. The van der Waals surface area contributed by atoms with E-state index >= 15 is 0 Å². The van der Waals surface area contributed by atoms with E-state index in [-0.39, 0.29) is 0 Å². The Morgan fingerprint density at radius 3 is 2.95 bits per heavy atom. The summed E-state index contributed by atoms with van der Waals surface area (Å²) in [5.74, 6) is 1.70. The second-order valence-corrected chi connectivity index (χ2v) is 5.62. The minimum atomic E-state index is 0.310. The molecule has 0 bridgehead atoms. The van der Waals surface area contributed by atoms with Crippen molar-refractivity contribution in [2.24, 2.45) is 5.73 Å². The monoisotopic (exact) mass is 262 g/mol. The van der Waals surface area contributed by atoms with E-state index < -0.39 is 0 Å². The zero-order valence-corrected chi connectivity index (χ0v) is 11.4. The standard InChI is InChI=1S/C15H22N2O2/c1-10(17-13-4-2-3-12(16)8-13)11-5-6-14-15(7-11)19-9-18-14/h5-7,10,12-13,17H,2-4,8-9,16H2,1H3. The quantitative estimate of drug-likeness (QED) is 0.878. The molecule has 3 atom stereocenters. The normalized spacial score (nSPS) is 27.3. The van der Waals surface area contributed by atoms with Gasteiger partial charge in [-0.1, -0.05) is 12.5 Å². The second-order valence-electron chi connectivity index (χ2n) is 5.62. The number of fused-ring (bicyclic) bond motifs is 1. The first-order valence-electron chi connectivity index (χ1n) is 7.13. The highest BCUT2D eigenvalue weighted by atomic mass is 16.7. The Balaban J connectivity index is 1.65. The number of benzene rings is 1. The Kier molecular flexibility index (Phi) is 3.62. The van der Waals surface area contributed by atoms with Crippen molar-refractivity contribution < 1.29 is 9.47 Å². The minimum absolute atomic E-state index is 0.310. The van der Waals surface area contributed by atoms with Crippen LogP contribution in [0, 0.1) is 0 Å². The molecule has 0 spiro atoms. The van der Waals surface area contributed by atoms with Gasteiger partial charge in [0.25, 0.3) is 0 Å². The average Bonchev–Trinajstić information content (AvgIpc) is 2.85. The summed E-state index contributed by atoms with van der Waals surface area (Å²) in [6.07, 6.45) is 4.70. The van der Waals surface area contributed by atoms with E-state index in [1.807, 2.05) is 6.07 Å². The fraction of sp³-hybridized carbons (Fsp3) is 0.600. The minimum Gasteiger partial charge on any atom is -0.454 e. The van der Waals surface area contributed by atoms with E-state index in [0.717, 1.165) is 24.3 Å². The molecule has 1 aliphatic heterocycles. The van der Waals surface area contributed by atoms with Gasteiger partial charge in [0.1, 0.15) is 0 Å². The van der Waals surface area contributed by atoms with Crippen LogP contribution in [0.15, 0.2) is 18.2 Å². The summed E-state index contributed by atoms with van der Waals surface area (Å²) in [7, 11) is 0. The summed E-state index contributed by atoms with van der Waals surface area (Å²) < 4.78 is 10.8. The van der Waals surface area contributed by atoms with Crippen LogP contribution < -0.4 is 20.5 Å². The Morgan fingerprint density at radius 1 is 1.26 bits per heavy atom. The third-order valence-corrected chi connectivity index (χ3v) is 4.10. The van der Waals surface area contributed by atoms with E-state index in [9.17, 15) is 0 Å². The van der Waals surface area contributed by atoms with Gasteiger partial charge in [0.15, 0.2) is 11.5 Å². The molecule has 1 aromatic rings. The predicted molar refractivity (Wildman–Crippen MR) is 74.3 cm³/mol. The van der Waals surface area contributed by atoms with Gasteiger partial charge < -0.3 is 20.5 Å². The molecule has 1 saturated carbocycles. The van der Waals surface area contributed by atoms with Crippen LogP contribution in [0.1, 0.15) is 44.2 Å². The molecule has 4 heteroatoms. The van der Waals surface area contributed by atoms with Crippen molar-refractivity contribution in [3.05, 3.63) is 23.8 Å². The maximum atomic E-state index is 6.04. The van der Waals surface area contributed by atoms with E-state index in [1.165, 1.54) is 18.4 Å². The van der Waals surface area contributed by atoms with Crippen LogP contribution in [0.25, 0.3) is 0 Å². The maximum Gasteiger partial charge on any atom is 0.231 e. The summed E-state index contributed by atoms with van der Waals surface area (Å²) in [4.78, 5) is 0. The lowest BCUT2D eigenvalue weighted by molar-refractivity contribution is 0.174. The van der Waals surface area contributed by atoms with Gasteiger partial charge in [-0.3, -0.25) is 0 Å². The van der Waals surface area contributed by atoms with Gasteiger partial charge in [-0.2, -0.15) is 0 Å². The van der Waals surface area contributed by atoms with Crippen LogP contribution in [0.2, 0.25) is 0 Å². The predicted octanol–water partition coefficient (Wildman–Crippen LogP) is 2.34. The SMILES string of the molecule is CC(NC1CCCC(N)C1)c1ccc2c(c1)OCO2. The highest BCUT2D eigenvalue weighted by Gasteiger charge is 2.22. The van der Waals surface area contributed by atoms with Gasteiger partial charge in [0.05, 0.1) is 0 Å². The summed E-state index contributed by atoms with van der Waals surface area (Å²) in [6.45, 7) is 2.52. The molecule has 4 nitrogen and oxygen atoms in total. The van der Waals surface area contributed by atoms with Crippen LogP contribution in [0.5, 0.6) is 11.5 Å². The fourth-order valence-electron chi connectivity index (χ4n) is 3.01. The molecule has 0 saturated heterocycles. The smallest absolute Gasteiger partial charge is 0.231 e. The van der Waals surface area contributed by atoms with Gasteiger partial charge in [-0.25, -0.2) is 0 Å². The Bertz CT molecular complexity index is 450. The lowest BCUT2D eigenvalue weighted by atomic mass is 9.91. The van der Waals surface area contributed by atoms with Crippen LogP contribution in [0.4, 0.5) is 0 Å². The van der Waals surface area contributed by atoms with Crippen molar-refractivity contribution in [1.29, 1.82) is 0 Å². The van der Waals surface area contributed by atoms with Gasteiger partial charge >= 0.3 is 0 Å². The lowest BCUT2D eigenvalue weighted by Gasteiger charge is -2.30. The molecule has 1 heterocycles. The molecule has 2 aliphatic rings. The topological polar surface area (TPSA) is 56.5 Å². The first-order chi connectivity index (χ1) is 9.22. The van der Waals surface area contributed by atoms with Crippen molar-refractivity contribution in [2.75, 3.05) is 6.79 Å². The molecular formula is C15H22N2O2. The number of ether oxygens (including phenoxy) is 2. The Labute approximate surface area is 114 Å². The number of hydrogen-bond acceptors (Lipinski definition) is 4. The molecule has 3 unspecified atom stereocenters. The van der Waals surface area contributed by atoms with Gasteiger partial charge in [-0.15, -0.1) is 0 Å². The van der Waals surface area contributed by atoms with E-state index in [2.05, 4.69) is 24.4 Å². The zero-order chi connectivity index (χ0) is 13.2. The molecular weight excluding hydrogens is 240 g/mol. The van der Waals surface area contributed by atoms with E-state index in [0.29, 0.717) is 24.9 Å². The molecule has 1 aliphatic carbocycles. The van der Waals surface area contributed by atoms with Crippen LogP contribution >= 0.6 is 0 Å². The van der Waals surface area contributed by atoms with Crippen molar-refractivity contribution in [1.82, 2.24) is 5.32 Å². The summed E-state index contributed by atoms with van der Waals surface area (Å²) >= 11 is 0. The Hall–Kier alpha value is -1.26. The largest absolute Gasteiger partial charge is 0.454 e. The van der Waals surface area contributed by atoms with Crippen LogP contribution in [-0.4, -0.2) is 18.9 Å². The van der Waals surface area contributed by atoms with Gasteiger partial charge in [0, 0.05) is 18.1 Å². The highest BCUT2D eigenvalue weighted by molar-refractivity contribution is 5.45. The first kappa shape index (κ1) is 12.8. The van der Waals surface area contributed by atoms with Crippen molar-refractivity contribution >= 4 is 0 Å². The third kappa shape index (κ3) is 2.85. The molecule has 104 valence electrons. The first-order valence-corrected chi connectivity index (χ1v) is 7.13. The number of nitrogens with two attached hydrogens (primary N) is 1. The zero-order valence-electron chi connectivity index (χ0n) is 11.4. The number of nitrogens with one attached hydrogen (secondary N) is 1. The average molecular weight is 262 g/mol. The molecule has 1 aromatic carbocycles. The number of rotatable bonds is 3. The Morgan fingerprint density at radius 2 is 2.11 bits per heavy atom. The van der Waals surface area contributed by atoms with Crippen LogP contribution in [-0.2, 0) is 0 Å². The van der Waals surface area contributed by atoms with Gasteiger partial charge in [0.2, 0.25) is 6.79 Å². The van der Waals surface area contributed by atoms with Crippen molar-refractivity contribution in [2.45, 2.75) is 50.7 Å².